The van der Waals surface area contributed by atoms with Gasteiger partial charge in [0.25, 0.3) is 0 Å². The SMILES string of the molecule is COCC(N)C(=O)Nc1cc(S(=O)(=O)NC(C)(C)C)c(F)cc1F.Cl. The molecule has 25 heavy (non-hydrogen) atoms. The Morgan fingerprint density at radius 2 is 1.84 bits per heavy atom. The first-order chi connectivity index (χ1) is 10.9. The lowest BCUT2D eigenvalue weighted by Crippen LogP contribution is -2.41. The van der Waals surface area contributed by atoms with E-state index >= 15 is 0 Å². The maximum Gasteiger partial charge on any atom is 0.244 e. The lowest BCUT2D eigenvalue weighted by molar-refractivity contribution is -0.118. The number of anilines is 1. The van der Waals surface area contributed by atoms with Crippen LogP contribution in [0.5, 0.6) is 0 Å². The van der Waals surface area contributed by atoms with E-state index in [1.165, 1.54) is 7.11 Å². The second-order valence-electron chi connectivity index (χ2n) is 6.17. The minimum atomic E-state index is -4.25. The molecule has 0 saturated carbocycles. The van der Waals surface area contributed by atoms with Crippen molar-refractivity contribution in [2.75, 3.05) is 19.0 Å². The van der Waals surface area contributed by atoms with Gasteiger partial charge in [-0.15, -0.1) is 12.4 Å². The molecule has 0 radical (unpaired) electrons. The van der Waals surface area contributed by atoms with Gasteiger partial charge in [-0.05, 0) is 26.8 Å². The fourth-order valence-corrected chi connectivity index (χ4v) is 3.27. The number of hydrogen-bond acceptors (Lipinski definition) is 5. The first-order valence-corrected chi connectivity index (χ1v) is 8.44. The molecule has 7 nitrogen and oxygen atoms in total. The van der Waals surface area contributed by atoms with Gasteiger partial charge >= 0.3 is 0 Å². The van der Waals surface area contributed by atoms with Gasteiger partial charge in [-0.1, -0.05) is 0 Å². The zero-order valence-electron chi connectivity index (χ0n) is 14.2. The Labute approximate surface area is 151 Å². The zero-order valence-corrected chi connectivity index (χ0v) is 15.9. The average molecular weight is 402 g/mol. The summed E-state index contributed by atoms with van der Waals surface area (Å²) in [5.41, 5.74) is 4.13. The molecule has 1 unspecified atom stereocenters. The fourth-order valence-electron chi connectivity index (χ4n) is 1.77. The maximum atomic E-state index is 13.9. The van der Waals surface area contributed by atoms with E-state index < -0.39 is 49.7 Å². The molecule has 0 saturated heterocycles. The number of sulfonamides is 1. The largest absolute Gasteiger partial charge is 0.383 e. The van der Waals surface area contributed by atoms with Crippen LogP contribution in [0.4, 0.5) is 14.5 Å². The number of rotatable bonds is 6. The van der Waals surface area contributed by atoms with E-state index in [0.717, 1.165) is 0 Å². The van der Waals surface area contributed by atoms with E-state index in [-0.39, 0.29) is 19.0 Å². The van der Waals surface area contributed by atoms with Gasteiger partial charge in [0, 0.05) is 18.7 Å². The third-order valence-corrected chi connectivity index (χ3v) is 4.47. The molecule has 0 fully saturated rings. The second kappa shape index (κ2) is 8.86. The third kappa shape index (κ3) is 6.83. The smallest absolute Gasteiger partial charge is 0.244 e. The number of benzene rings is 1. The van der Waals surface area contributed by atoms with Gasteiger partial charge in [-0.2, -0.15) is 0 Å². The van der Waals surface area contributed by atoms with Gasteiger partial charge in [0.2, 0.25) is 15.9 Å². The van der Waals surface area contributed by atoms with Crippen LogP contribution in [-0.4, -0.2) is 39.6 Å². The molecule has 1 atom stereocenters. The molecule has 0 aromatic heterocycles. The van der Waals surface area contributed by atoms with Crippen LogP contribution in [-0.2, 0) is 19.6 Å². The van der Waals surface area contributed by atoms with Crippen molar-refractivity contribution in [1.82, 2.24) is 4.72 Å². The van der Waals surface area contributed by atoms with Crippen molar-refractivity contribution in [3.05, 3.63) is 23.8 Å². The number of halogens is 3. The third-order valence-electron chi connectivity index (χ3n) is 2.69. The molecule has 11 heteroatoms. The molecule has 4 N–H and O–H groups in total. The van der Waals surface area contributed by atoms with Crippen molar-refractivity contribution in [2.45, 2.75) is 37.2 Å². The number of nitrogens with two attached hydrogens (primary N) is 1. The number of ether oxygens (including phenoxy) is 1. The summed E-state index contributed by atoms with van der Waals surface area (Å²) in [4.78, 5) is 11.0. The normalized spacial score (nSPS) is 13.1. The molecule has 1 amide bonds. The first-order valence-electron chi connectivity index (χ1n) is 6.96. The van der Waals surface area contributed by atoms with Crippen LogP contribution in [0, 0.1) is 11.6 Å². The van der Waals surface area contributed by atoms with E-state index in [2.05, 4.69) is 10.0 Å². The lowest BCUT2D eigenvalue weighted by Gasteiger charge is -2.21. The zero-order chi connectivity index (χ0) is 18.7. The van der Waals surface area contributed by atoms with Crippen molar-refractivity contribution < 1.29 is 26.7 Å². The number of carbonyl (C=O) groups is 1. The van der Waals surface area contributed by atoms with Crippen molar-refractivity contribution in [3.63, 3.8) is 0 Å². The molecule has 1 aromatic rings. The maximum absolute atomic E-state index is 13.9. The van der Waals surface area contributed by atoms with E-state index in [0.29, 0.717) is 12.1 Å². The summed E-state index contributed by atoms with van der Waals surface area (Å²) in [6, 6.07) is -0.00241. The Balaban J connectivity index is 0.00000576. The van der Waals surface area contributed by atoms with E-state index in [1.54, 1.807) is 20.8 Å². The Bertz CT molecular complexity index is 724. The van der Waals surface area contributed by atoms with Crippen LogP contribution >= 0.6 is 12.4 Å². The van der Waals surface area contributed by atoms with Gasteiger partial charge < -0.3 is 15.8 Å². The van der Waals surface area contributed by atoms with Crippen LogP contribution in [0.25, 0.3) is 0 Å². The van der Waals surface area contributed by atoms with Gasteiger partial charge in [-0.25, -0.2) is 21.9 Å². The van der Waals surface area contributed by atoms with Crippen LogP contribution in [0.1, 0.15) is 20.8 Å². The molecule has 0 aliphatic rings. The van der Waals surface area contributed by atoms with Crippen molar-refractivity contribution in [1.29, 1.82) is 0 Å². The fraction of sp³-hybridized carbons (Fsp3) is 0.500. The summed E-state index contributed by atoms with van der Waals surface area (Å²) in [5.74, 6) is -3.20. The van der Waals surface area contributed by atoms with Gasteiger partial charge in [0.15, 0.2) is 0 Å². The minimum absolute atomic E-state index is 0. The van der Waals surface area contributed by atoms with Gasteiger partial charge in [-0.3, -0.25) is 4.79 Å². The summed E-state index contributed by atoms with van der Waals surface area (Å²) in [6.07, 6.45) is 0. The molecule has 144 valence electrons. The summed E-state index contributed by atoms with van der Waals surface area (Å²) in [6.45, 7) is 4.58. The van der Waals surface area contributed by atoms with E-state index in [4.69, 9.17) is 10.5 Å². The van der Waals surface area contributed by atoms with Gasteiger partial charge in [0.1, 0.15) is 22.6 Å². The van der Waals surface area contributed by atoms with Crippen LogP contribution in [0.2, 0.25) is 0 Å². The Hall–Kier alpha value is -1.33. The summed E-state index contributed by atoms with van der Waals surface area (Å²) < 4.78 is 59.1. The van der Waals surface area contributed by atoms with E-state index in [9.17, 15) is 22.0 Å². The highest BCUT2D eigenvalue weighted by atomic mass is 35.5. The minimum Gasteiger partial charge on any atom is -0.383 e. The number of nitrogens with one attached hydrogen (secondary N) is 2. The Morgan fingerprint density at radius 3 is 2.32 bits per heavy atom. The Morgan fingerprint density at radius 1 is 1.28 bits per heavy atom. The highest BCUT2D eigenvalue weighted by Gasteiger charge is 2.27. The molecule has 0 bridgehead atoms. The van der Waals surface area contributed by atoms with Crippen molar-refractivity contribution in [3.8, 4) is 0 Å². The number of amides is 1. The molecule has 0 spiro atoms. The Kier molecular flexibility index (Phi) is 8.39. The topological polar surface area (TPSA) is 111 Å². The summed E-state index contributed by atoms with van der Waals surface area (Å²) in [5, 5.41) is 2.12. The van der Waals surface area contributed by atoms with E-state index in [1.807, 2.05) is 0 Å². The van der Waals surface area contributed by atoms with Crippen molar-refractivity contribution >= 4 is 34.0 Å². The predicted molar refractivity (Wildman–Crippen MR) is 92.2 cm³/mol. The van der Waals surface area contributed by atoms with Crippen LogP contribution in [0.3, 0.4) is 0 Å². The lowest BCUT2D eigenvalue weighted by atomic mass is 10.1. The predicted octanol–water partition coefficient (Wildman–Crippen LogP) is 1.38. The monoisotopic (exact) mass is 401 g/mol. The second-order valence-corrected chi connectivity index (χ2v) is 7.82. The highest BCUT2D eigenvalue weighted by Crippen LogP contribution is 2.24. The summed E-state index contributed by atoms with van der Waals surface area (Å²) in [7, 11) is -2.93. The molecule has 0 heterocycles. The number of methoxy groups -OCH3 is 1. The average Bonchev–Trinajstić information content (AvgIpc) is 2.38. The molecule has 1 aromatic carbocycles. The molecule has 1 rings (SSSR count). The quantitative estimate of drug-likeness (QED) is 0.666. The first kappa shape index (κ1) is 23.7. The molecule has 0 aliphatic heterocycles. The van der Waals surface area contributed by atoms with Crippen LogP contribution < -0.4 is 15.8 Å². The number of hydrogen-bond donors (Lipinski definition) is 3. The van der Waals surface area contributed by atoms with Crippen molar-refractivity contribution in [2.24, 2.45) is 5.73 Å². The number of carbonyl (C=O) groups excluding carboxylic acids is 1. The standard InChI is InChI=1S/C14H21F2N3O4S.ClH/c1-14(2,3)19-24(21,22)12-6-11(8(15)5-9(12)16)18-13(20)10(17)7-23-4;/h5-6,10,19H,7,17H2,1-4H3,(H,18,20);1H. The molecular weight excluding hydrogens is 380 g/mol. The molecule has 0 aliphatic carbocycles. The van der Waals surface area contributed by atoms with Gasteiger partial charge in [0.05, 0.1) is 12.3 Å². The summed E-state index contributed by atoms with van der Waals surface area (Å²) >= 11 is 0. The molecular formula is C14H22ClF2N3O4S. The highest BCUT2D eigenvalue weighted by molar-refractivity contribution is 7.89. The van der Waals surface area contributed by atoms with Crippen LogP contribution in [0.15, 0.2) is 17.0 Å².